The molecule has 0 saturated heterocycles. The Bertz CT molecular complexity index is 456. The molecule has 0 bridgehead atoms. The largest absolute Gasteiger partial charge is 0.0622 e. The summed E-state index contributed by atoms with van der Waals surface area (Å²) in [5.41, 5.74) is 2.88. The average Bonchev–Trinajstić information content (AvgIpc) is 2.40. The third-order valence-corrected chi connectivity index (χ3v) is 3.77. The first-order valence-corrected chi connectivity index (χ1v) is 6.80. The highest BCUT2D eigenvalue weighted by molar-refractivity contribution is 5.28. The summed E-state index contributed by atoms with van der Waals surface area (Å²) in [4.78, 5) is 0. The van der Waals surface area contributed by atoms with Gasteiger partial charge >= 0.3 is 0 Å². The number of hydrogen-bond acceptors (Lipinski definition) is 0. The third-order valence-electron chi connectivity index (χ3n) is 3.77. The Morgan fingerprint density at radius 2 is 1.06 bits per heavy atom. The van der Waals surface area contributed by atoms with Crippen LogP contribution in [0, 0.1) is 5.92 Å². The van der Waals surface area contributed by atoms with Gasteiger partial charge in [0.05, 0.1) is 0 Å². The van der Waals surface area contributed by atoms with Gasteiger partial charge in [0.15, 0.2) is 0 Å². The highest BCUT2D eigenvalue weighted by Gasteiger charge is 2.23. The Balaban J connectivity index is 2.32. The van der Waals surface area contributed by atoms with Crippen LogP contribution in [0.3, 0.4) is 0 Å². The lowest BCUT2D eigenvalue weighted by molar-refractivity contribution is 0.437. The standard InChI is InChI=1S/C18H22/c1-14(2)18(17-12-8-5-9-13-17)15(3)16-10-6-4-7-11-16/h4-15,18H,1-3H3. The number of hydrogen-bond donors (Lipinski definition) is 0. The Morgan fingerprint density at radius 3 is 1.50 bits per heavy atom. The third kappa shape index (κ3) is 2.81. The van der Waals surface area contributed by atoms with E-state index in [9.17, 15) is 0 Å². The average molecular weight is 238 g/mol. The van der Waals surface area contributed by atoms with Crippen LogP contribution < -0.4 is 0 Å². The van der Waals surface area contributed by atoms with Crippen LogP contribution >= 0.6 is 0 Å². The first-order valence-electron chi connectivity index (χ1n) is 6.80. The van der Waals surface area contributed by atoms with Crippen molar-refractivity contribution in [1.82, 2.24) is 0 Å². The van der Waals surface area contributed by atoms with Gasteiger partial charge in [-0.2, -0.15) is 0 Å². The smallest absolute Gasteiger partial charge is 0.00727 e. The Morgan fingerprint density at radius 1 is 0.611 bits per heavy atom. The lowest BCUT2D eigenvalue weighted by Crippen LogP contribution is -2.14. The number of rotatable bonds is 4. The summed E-state index contributed by atoms with van der Waals surface area (Å²) in [5.74, 6) is 1.77. The molecule has 0 amide bonds. The molecule has 0 radical (unpaired) electrons. The molecule has 0 nitrogen and oxygen atoms in total. The van der Waals surface area contributed by atoms with E-state index in [4.69, 9.17) is 0 Å². The van der Waals surface area contributed by atoms with Crippen LogP contribution in [-0.4, -0.2) is 0 Å². The van der Waals surface area contributed by atoms with Crippen LogP contribution in [0.4, 0.5) is 0 Å². The van der Waals surface area contributed by atoms with Crippen molar-refractivity contribution in [2.75, 3.05) is 0 Å². The van der Waals surface area contributed by atoms with Crippen molar-refractivity contribution in [2.45, 2.75) is 32.6 Å². The Kier molecular flexibility index (Phi) is 4.19. The van der Waals surface area contributed by atoms with Crippen LogP contribution in [-0.2, 0) is 0 Å². The summed E-state index contributed by atoms with van der Waals surface area (Å²) in [6.07, 6.45) is 0. The minimum atomic E-state index is 0.550. The summed E-state index contributed by atoms with van der Waals surface area (Å²) in [7, 11) is 0. The van der Waals surface area contributed by atoms with E-state index in [0.717, 1.165) is 0 Å². The molecule has 0 spiro atoms. The molecule has 0 fully saturated rings. The summed E-state index contributed by atoms with van der Waals surface area (Å²) >= 11 is 0. The summed E-state index contributed by atoms with van der Waals surface area (Å²) < 4.78 is 0. The maximum Gasteiger partial charge on any atom is -0.00727 e. The molecule has 18 heavy (non-hydrogen) atoms. The molecule has 0 heterocycles. The van der Waals surface area contributed by atoms with Crippen molar-refractivity contribution in [3.8, 4) is 0 Å². The van der Waals surface area contributed by atoms with E-state index in [-0.39, 0.29) is 0 Å². The van der Waals surface area contributed by atoms with Crippen LogP contribution in [0.1, 0.15) is 43.7 Å². The predicted molar refractivity (Wildman–Crippen MR) is 78.9 cm³/mol. The van der Waals surface area contributed by atoms with Gasteiger partial charge in [0, 0.05) is 0 Å². The van der Waals surface area contributed by atoms with Gasteiger partial charge in [-0.15, -0.1) is 0 Å². The van der Waals surface area contributed by atoms with E-state index >= 15 is 0 Å². The molecule has 2 aromatic rings. The Labute approximate surface area is 111 Å². The van der Waals surface area contributed by atoms with Crippen molar-refractivity contribution in [3.63, 3.8) is 0 Å². The zero-order valence-electron chi connectivity index (χ0n) is 11.5. The van der Waals surface area contributed by atoms with Gasteiger partial charge in [0.1, 0.15) is 0 Å². The molecule has 0 aliphatic carbocycles. The van der Waals surface area contributed by atoms with Gasteiger partial charge < -0.3 is 0 Å². The molecule has 2 unspecified atom stereocenters. The number of benzene rings is 2. The quantitative estimate of drug-likeness (QED) is 0.684. The van der Waals surface area contributed by atoms with Crippen LogP contribution in [0.15, 0.2) is 60.7 Å². The van der Waals surface area contributed by atoms with Gasteiger partial charge in [-0.05, 0) is 28.9 Å². The second-order valence-electron chi connectivity index (χ2n) is 5.38. The highest BCUT2D eigenvalue weighted by Crippen LogP contribution is 2.37. The molecule has 0 heteroatoms. The molecule has 94 valence electrons. The second-order valence-corrected chi connectivity index (χ2v) is 5.38. The van der Waals surface area contributed by atoms with Gasteiger partial charge in [-0.3, -0.25) is 0 Å². The first kappa shape index (κ1) is 12.9. The second kappa shape index (κ2) is 5.86. The van der Waals surface area contributed by atoms with E-state index < -0.39 is 0 Å². The Hall–Kier alpha value is -1.56. The minimum Gasteiger partial charge on any atom is -0.0622 e. The summed E-state index contributed by atoms with van der Waals surface area (Å²) in [6, 6.07) is 21.7. The van der Waals surface area contributed by atoms with Crippen LogP contribution in [0.2, 0.25) is 0 Å². The zero-order valence-corrected chi connectivity index (χ0v) is 11.5. The summed E-state index contributed by atoms with van der Waals surface area (Å²) in [5, 5.41) is 0. The topological polar surface area (TPSA) is 0 Å². The monoisotopic (exact) mass is 238 g/mol. The van der Waals surface area contributed by atoms with E-state index in [1.54, 1.807) is 0 Å². The van der Waals surface area contributed by atoms with Crippen molar-refractivity contribution >= 4 is 0 Å². The molecule has 0 aliphatic rings. The SMILES string of the molecule is CC(C)C(c1ccccc1)C(C)c1ccccc1. The maximum absolute atomic E-state index is 2.34. The molecule has 2 rings (SSSR count). The fraction of sp³-hybridized carbons (Fsp3) is 0.333. The fourth-order valence-corrected chi connectivity index (χ4v) is 2.89. The van der Waals surface area contributed by atoms with Crippen molar-refractivity contribution in [3.05, 3.63) is 71.8 Å². The predicted octanol–water partition coefficient (Wildman–Crippen LogP) is 5.23. The molecular weight excluding hydrogens is 216 g/mol. The molecule has 0 N–H and O–H groups in total. The molecule has 2 aromatic carbocycles. The van der Waals surface area contributed by atoms with Gasteiger partial charge in [0.2, 0.25) is 0 Å². The van der Waals surface area contributed by atoms with E-state index in [2.05, 4.69) is 81.4 Å². The minimum absolute atomic E-state index is 0.550. The maximum atomic E-state index is 2.34. The first-order chi connectivity index (χ1) is 8.70. The zero-order chi connectivity index (χ0) is 13.0. The highest BCUT2D eigenvalue weighted by atomic mass is 14.3. The van der Waals surface area contributed by atoms with E-state index in [0.29, 0.717) is 17.8 Å². The van der Waals surface area contributed by atoms with Crippen molar-refractivity contribution in [1.29, 1.82) is 0 Å². The van der Waals surface area contributed by atoms with Gasteiger partial charge in [0.25, 0.3) is 0 Å². The van der Waals surface area contributed by atoms with E-state index in [1.165, 1.54) is 11.1 Å². The lowest BCUT2D eigenvalue weighted by atomic mass is 9.76. The van der Waals surface area contributed by atoms with E-state index in [1.807, 2.05) is 0 Å². The lowest BCUT2D eigenvalue weighted by Gasteiger charge is -2.28. The molecule has 0 saturated carbocycles. The van der Waals surface area contributed by atoms with Gasteiger partial charge in [-0.1, -0.05) is 81.4 Å². The summed E-state index contributed by atoms with van der Waals surface area (Å²) in [6.45, 7) is 6.97. The van der Waals surface area contributed by atoms with Gasteiger partial charge in [-0.25, -0.2) is 0 Å². The molecule has 0 aliphatic heterocycles. The molecule has 0 aromatic heterocycles. The van der Waals surface area contributed by atoms with Crippen LogP contribution in [0.25, 0.3) is 0 Å². The molecule has 2 atom stereocenters. The molecular formula is C18H22. The normalized spacial score (nSPS) is 14.4. The fourth-order valence-electron chi connectivity index (χ4n) is 2.89. The van der Waals surface area contributed by atoms with Crippen molar-refractivity contribution in [2.24, 2.45) is 5.92 Å². The van der Waals surface area contributed by atoms with Crippen LogP contribution in [0.5, 0.6) is 0 Å². The van der Waals surface area contributed by atoms with Crippen molar-refractivity contribution < 1.29 is 0 Å².